The van der Waals surface area contributed by atoms with Gasteiger partial charge in [0, 0.05) is 29.0 Å². The fraction of sp³-hybridized carbons (Fsp3) is 0. The first-order chi connectivity index (χ1) is 9.22. The van der Waals surface area contributed by atoms with E-state index in [1.165, 1.54) is 0 Å². The van der Waals surface area contributed by atoms with Crippen LogP contribution in [-0.4, -0.2) is 15.1 Å². The van der Waals surface area contributed by atoms with Gasteiger partial charge in [0.25, 0.3) is 0 Å². The molecule has 94 valence electrons. The van der Waals surface area contributed by atoms with Crippen molar-refractivity contribution in [3.05, 3.63) is 53.3 Å². The highest BCUT2D eigenvalue weighted by Crippen LogP contribution is 2.29. The SMILES string of the molecule is Oc1cccc(Oc2ccnc3cc(Br)cnc23)c1. The van der Waals surface area contributed by atoms with Crippen LogP contribution in [-0.2, 0) is 0 Å². The summed E-state index contributed by atoms with van der Waals surface area (Å²) in [7, 11) is 0. The molecule has 2 heterocycles. The average Bonchev–Trinajstić information content (AvgIpc) is 2.38. The number of hydrogen-bond donors (Lipinski definition) is 1. The van der Waals surface area contributed by atoms with E-state index in [1.807, 2.05) is 6.07 Å². The van der Waals surface area contributed by atoms with Gasteiger partial charge >= 0.3 is 0 Å². The van der Waals surface area contributed by atoms with E-state index in [2.05, 4.69) is 25.9 Å². The van der Waals surface area contributed by atoms with Gasteiger partial charge in [0.1, 0.15) is 17.0 Å². The van der Waals surface area contributed by atoms with E-state index in [-0.39, 0.29) is 5.75 Å². The van der Waals surface area contributed by atoms with Crippen LogP contribution in [0.3, 0.4) is 0 Å². The van der Waals surface area contributed by atoms with E-state index in [0.29, 0.717) is 17.0 Å². The van der Waals surface area contributed by atoms with Gasteiger partial charge < -0.3 is 9.84 Å². The second-order valence-corrected chi connectivity index (χ2v) is 4.85. The number of aromatic hydroxyl groups is 1. The molecule has 2 aromatic heterocycles. The quantitative estimate of drug-likeness (QED) is 0.779. The molecule has 19 heavy (non-hydrogen) atoms. The smallest absolute Gasteiger partial charge is 0.156 e. The van der Waals surface area contributed by atoms with E-state index in [0.717, 1.165) is 9.99 Å². The summed E-state index contributed by atoms with van der Waals surface area (Å²) >= 11 is 3.36. The van der Waals surface area contributed by atoms with Crippen LogP contribution in [0, 0.1) is 0 Å². The fourth-order valence-corrected chi connectivity index (χ4v) is 2.06. The van der Waals surface area contributed by atoms with Crippen LogP contribution in [0.15, 0.2) is 53.3 Å². The molecule has 1 N–H and O–H groups in total. The molecule has 3 rings (SSSR count). The summed E-state index contributed by atoms with van der Waals surface area (Å²) in [6, 6.07) is 10.2. The molecule has 0 aliphatic heterocycles. The van der Waals surface area contributed by atoms with Gasteiger partial charge in [-0.15, -0.1) is 0 Å². The summed E-state index contributed by atoms with van der Waals surface area (Å²) in [6.07, 6.45) is 3.36. The minimum atomic E-state index is 0.159. The largest absolute Gasteiger partial charge is 0.508 e. The van der Waals surface area contributed by atoms with Crippen molar-refractivity contribution in [2.24, 2.45) is 0 Å². The van der Waals surface area contributed by atoms with Crippen molar-refractivity contribution in [2.75, 3.05) is 0 Å². The molecular formula is C14H9BrN2O2. The molecule has 0 saturated heterocycles. The van der Waals surface area contributed by atoms with Crippen molar-refractivity contribution < 1.29 is 9.84 Å². The third kappa shape index (κ3) is 2.51. The minimum Gasteiger partial charge on any atom is -0.508 e. The molecule has 0 aliphatic rings. The zero-order valence-electron chi connectivity index (χ0n) is 9.75. The van der Waals surface area contributed by atoms with Crippen molar-refractivity contribution in [1.29, 1.82) is 0 Å². The maximum absolute atomic E-state index is 9.43. The molecule has 0 radical (unpaired) electrons. The zero-order valence-corrected chi connectivity index (χ0v) is 11.3. The predicted octanol–water partition coefficient (Wildman–Crippen LogP) is 3.89. The number of fused-ring (bicyclic) bond motifs is 1. The molecular weight excluding hydrogens is 308 g/mol. The molecule has 4 nitrogen and oxygen atoms in total. The Labute approximate surface area is 117 Å². The highest BCUT2D eigenvalue weighted by Gasteiger charge is 2.06. The molecule has 0 atom stereocenters. The standard InChI is InChI=1S/C14H9BrN2O2/c15-9-6-12-14(17-8-9)13(4-5-16-12)19-11-3-1-2-10(18)7-11/h1-8,18H. The minimum absolute atomic E-state index is 0.159. The van der Waals surface area contributed by atoms with Crippen LogP contribution >= 0.6 is 15.9 Å². The second kappa shape index (κ2) is 4.85. The van der Waals surface area contributed by atoms with Gasteiger partial charge in [-0.1, -0.05) is 6.07 Å². The molecule has 0 saturated carbocycles. The lowest BCUT2D eigenvalue weighted by atomic mass is 10.3. The summed E-state index contributed by atoms with van der Waals surface area (Å²) in [5.41, 5.74) is 1.42. The lowest BCUT2D eigenvalue weighted by Gasteiger charge is -2.08. The first-order valence-electron chi connectivity index (χ1n) is 5.59. The van der Waals surface area contributed by atoms with Crippen molar-refractivity contribution in [3.8, 4) is 17.2 Å². The summed E-state index contributed by atoms with van der Waals surface area (Å²) in [6.45, 7) is 0. The van der Waals surface area contributed by atoms with Crippen LogP contribution in [0.2, 0.25) is 0 Å². The third-order valence-electron chi connectivity index (χ3n) is 2.55. The van der Waals surface area contributed by atoms with Gasteiger partial charge in [-0.3, -0.25) is 4.98 Å². The second-order valence-electron chi connectivity index (χ2n) is 3.93. The van der Waals surface area contributed by atoms with Gasteiger partial charge in [0.05, 0.1) is 5.52 Å². The Morgan fingerprint density at radius 1 is 1.11 bits per heavy atom. The Morgan fingerprint density at radius 3 is 2.84 bits per heavy atom. The molecule has 3 aromatic rings. The number of phenolic OH excluding ortho intramolecular Hbond substituents is 1. The van der Waals surface area contributed by atoms with E-state index in [9.17, 15) is 5.11 Å². The number of phenols is 1. The Kier molecular flexibility index (Phi) is 3.05. The van der Waals surface area contributed by atoms with Gasteiger partial charge in [-0.25, -0.2) is 4.98 Å². The lowest BCUT2D eigenvalue weighted by Crippen LogP contribution is -1.89. The third-order valence-corrected chi connectivity index (χ3v) is 2.99. The summed E-state index contributed by atoms with van der Waals surface area (Å²) in [5, 5.41) is 9.43. The number of halogens is 1. The van der Waals surface area contributed by atoms with Gasteiger partial charge in [-0.2, -0.15) is 0 Å². The Bertz CT molecular complexity index is 746. The van der Waals surface area contributed by atoms with E-state index < -0.39 is 0 Å². The van der Waals surface area contributed by atoms with Crippen molar-refractivity contribution >= 4 is 27.0 Å². The number of pyridine rings is 2. The number of rotatable bonds is 2. The van der Waals surface area contributed by atoms with Crippen LogP contribution in [0.4, 0.5) is 0 Å². The van der Waals surface area contributed by atoms with E-state index >= 15 is 0 Å². The molecule has 1 aromatic carbocycles. The monoisotopic (exact) mass is 316 g/mol. The number of aromatic nitrogens is 2. The maximum atomic E-state index is 9.43. The lowest BCUT2D eigenvalue weighted by molar-refractivity contribution is 0.457. The molecule has 0 amide bonds. The number of nitrogens with zero attached hydrogens (tertiary/aromatic N) is 2. The van der Waals surface area contributed by atoms with E-state index in [4.69, 9.17) is 4.74 Å². The number of ether oxygens (including phenoxy) is 1. The maximum Gasteiger partial charge on any atom is 0.156 e. The zero-order chi connectivity index (χ0) is 13.2. The first-order valence-corrected chi connectivity index (χ1v) is 6.39. The van der Waals surface area contributed by atoms with Crippen molar-refractivity contribution in [2.45, 2.75) is 0 Å². The molecule has 0 spiro atoms. The molecule has 0 bridgehead atoms. The normalized spacial score (nSPS) is 10.6. The highest BCUT2D eigenvalue weighted by molar-refractivity contribution is 9.10. The molecule has 0 fully saturated rings. The highest BCUT2D eigenvalue weighted by atomic mass is 79.9. The Balaban J connectivity index is 2.06. The van der Waals surface area contributed by atoms with Gasteiger partial charge in [0.2, 0.25) is 0 Å². The summed E-state index contributed by atoms with van der Waals surface area (Å²) in [5.74, 6) is 1.31. The average molecular weight is 317 g/mol. The van der Waals surface area contributed by atoms with Crippen LogP contribution < -0.4 is 4.74 Å². The van der Waals surface area contributed by atoms with Crippen LogP contribution in [0.25, 0.3) is 11.0 Å². The summed E-state index contributed by atoms with van der Waals surface area (Å²) < 4.78 is 6.60. The van der Waals surface area contributed by atoms with E-state index in [1.54, 1.807) is 42.7 Å². The predicted molar refractivity (Wildman–Crippen MR) is 75.4 cm³/mol. The van der Waals surface area contributed by atoms with Crippen molar-refractivity contribution in [3.63, 3.8) is 0 Å². The van der Waals surface area contributed by atoms with Crippen LogP contribution in [0.1, 0.15) is 0 Å². The Hall–Kier alpha value is -2.14. The topological polar surface area (TPSA) is 55.2 Å². The Morgan fingerprint density at radius 2 is 2.00 bits per heavy atom. The molecule has 0 aliphatic carbocycles. The number of hydrogen-bond acceptors (Lipinski definition) is 4. The molecule has 5 heteroatoms. The van der Waals surface area contributed by atoms with Gasteiger partial charge in [-0.05, 0) is 34.1 Å². The molecule has 0 unspecified atom stereocenters. The fourth-order valence-electron chi connectivity index (χ4n) is 1.74. The van der Waals surface area contributed by atoms with Crippen molar-refractivity contribution in [1.82, 2.24) is 9.97 Å². The number of benzene rings is 1. The van der Waals surface area contributed by atoms with Gasteiger partial charge in [0.15, 0.2) is 5.75 Å². The first kappa shape index (κ1) is 11.9. The summed E-state index contributed by atoms with van der Waals surface area (Å²) in [4.78, 5) is 8.54. The van der Waals surface area contributed by atoms with Crippen LogP contribution in [0.5, 0.6) is 17.2 Å².